The number of carbonyl (C=O) groups excluding carboxylic acids is 2. The monoisotopic (exact) mass is 443 g/mol. The number of rotatable bonds is 5. The molecule has 0 aliphatic heterocycles. The highest BCUT2D eigenvalue weighted by Gasteiger charge is 2.15. The van der Waals surface area contributed by atoms with Crippen LogP contribution in [0.25, 0.3) is 10.8 Å². The van der Waals surface area contributed by atoms with E-state index in [1.54, 1.807) is 60.7 Å². The third-order valence-corrected chi connectivity index (χ3v) is 5.18. The highest BCUT2D eigenvalue weighted by molar-refractivity contribution is 6.34. The molecule has 4 aromatic carbocycles. The average molecular weight is 444 g/mol. The molecule has 0 saturated carbocycles. The van der Waals surface area contributed by atoms with Gasteiger partial charge in [-0.15, -0.1) is 0 Å². The molecule has 3 N–H and O–H groups in total. The van der Waals surface area contributed by atoms with Gasteiger partial charge in [0.05, 0.1) is 28.1 Å². The van der Waals surface area contributed by atoms with Gasteiger partial charge >= 0.3 is 0 Å². The van der Waals surface area contributed by atoms with E-state index in [-0.39, 0.29) is 11.3 Å². The molecule has 7 heteroatoms. The number of halogens is 1. The van der Waals surface area contributed by atoms with Crippen molar-refractivity contribution in [1.29, 1.82) is 0 Å². The Kier molecular flexibility index (Phi) is 6.14. The summed E-state index contributed by atoms with van der Waals surface area (Å²) in [5.41, 5.74) is 3.78. The molecule has 0 radical (unpaired) electrons. The lowest BCUT2D eigenvalue weighted by Gasteiger charge is -2.11. The summed E-state index contributed by atoms with van der Waals surface area (Å²) >= 11 is 6.09. The minimum Gasteiger partial charge on any atom is -0.507 e. The first-order valence-electron chi connectivity index (χ1n) is 9.73. The van der Waals surface area contributed by atoms with E-state index in [4.69, 9.17) is 11.6 Å². The van der Waals surface area contributed by atoms with Gasteiger partial charge in [-0.3, -0.25) is 9.59 Å². The summed E-state index contributed by atoms with van der Waals surface area (Å²) in [7, 11) is 0. The van der Waals surface area contributed by atoms with Crippen molar-refractivity contribution in [2.75, 3.05) is 5.32 Å². The number of fused-ring (bicyclic) bond motifs is 1. The Bertz CT molecular complexity index is 1350. The van der Waals surface area contributed by atoms with E-state index in [9.17, 15) is 14.7 Å². The maximum absolute atomic E-state index is 12.7. The third kappa shape index (κ3) is 4.45. The summed E-state index contributed by atoms with van der Waals surface area (Å²) in [5.74, 6) is -0.898. The van der Waals surface area contributed by atoms with Gasteiger partial charge in [0, 0.05) is 5.56 Å². The van der Waals surface area contributed by atoms with Gasteiger partial charge in [-0.2, -0.15) is 5.10 Å². The van der Waals surface area contributed by atoms with Crippen LogP contribution >= 0.6 is 11.6 Å². The number of benzene rings is 4. The number of hydrazone groups is 1. The largest absolute Gasteiger partial charge is 0.507 e. The summed E-state index contributed by atoms with van der Waals surface area (Å²) in [4.78, 5) is 25.3. The van der Waals surface area contributed by atoms with Crippen molar-refractivity contribution in [3.05, 3.63) is 107 Å². The van der Waals surface area contributed by atoms with Gasteiger partial charge in [-0.1, -0.05) is 66.2 Å². The predicted octanol–water partition coefficient (Wildman–Crippen LogP) is 5.22. The van der Waals surface area contributed by atoms with E-state index in [0.717, 1.165) is 10.8 Å². The Morgan fingerprint density at radius 1 is 0.812 bits per heavy atom. The van der Waals surface area contributed by atoms with E-state index >= 15 is 0 Å². The molecule has 0 aliphatic carbocycles. The van der Waals surface area contributed by atoms with Crippen LogP contribution in [0.3, 0.4) is 0 Å². The number of hydrogen-bond donors (Lipinski definition) is 3. The van der Waals surface area contributed by atoms with Crippen LogP contribution in [0, 0.1) is 0 Å². The molecule has 0 atom stereocenters. The number of nitrogens with zero attached hydrogens (tertiary/aromatic N) is 1. The second-order valence-corrected chi connectivity index (χ2v) is 7.31. The Balaban J connectivity index is 1.54. The van der Waals surface area contributed by atoms with Crippen molar-refractivity contribution in [3.63, 3.8) is 0 Å². The van der Waals surface area contributed by atoms with Crippen molar-refractivity contribution in [2.24, 2.45) is 5.10 Å². The van der Waals surface area contributed by atoms with Crippen molar-refractivity contribution < 1.29 is 14.7 Å². The van der Waals surface area contributed by atoms with Gasteiger partial charge in [-0.25, -0.2) is 5.43 Å². The minimum absolute atomic E-state index is 0.0501. The molecule has 0 fully saturated rings. The van der Waals surface area contributed by atoms with Crippen molar-refractivity contribution in [1.82, 2.24) is 5.43 Å². The molecule has 0 saturated heterocycles. The lowest BCUT2D eigenvalue weighted by Crippen LogP contribution is -2.21. The molecule has 158 valence electrons. The molecule has 0 aliphatic rings. The lowest BCUT2D eigenvalue weighted by atomic mass is 10.0. The van der Waals surface area contributed by atoms with Gasteiger partial charge in [0.25, 0.3) is 11.8 Å². The van der Waals surface area contributed by atoms with E-state index in [1.165, 1.54) is 6.21 Å². The quantitative estimate of drug-likeness (QED) is 0.292. The molecule has 0 unspecified atom stereocenters. The first-order chi connectivity index (χ1) is 15.5. The number of para-hydroxylation sites is 1. The van der Waals surface area contributed by atoms with Crippen LogP contribution in [0.2, 0.25) is 5.02 Å². The third-order valence-electron chi connectivity index (χ3n) is 4.85. The molecule has 2 amide bonds. The van der Waals surface area contributed by atoms with Gasteiger partial charge in [-0.05, 0) is 41.1 Å². The number of anilines is 1. The van der Waals surface area contributed by atoms with Crippen LogP contribution < -0.4 is 10.7 Å². The van der Waals surface area contributed by atoms with E-state index in [1.807, 2.05) is 24.3 Å². The fraction of sp³-hybridized carbons (Fsp3) is 0. The Morgan fingerprint density at radius 3 is 2.31 bits per heavy atom. The van der Waals surface area contributed by atoms with Crippen molar-refractivity contribution >= 4 is 46.1 Å². The average Bonchev–Trinajstić information content (AvgIpc) is 2.81. The van der Waals surface area contributed by atoms with Crippen molar-refractivity contribution in [2.45, 2.75) is 0 Å². The predicted molar refractivity (Wildman–Crippen MR) is 127 cm³/mol. The molecule has 4 aromatic rings. The zero-order valence-corrected chi connectivity index (χ0v) is 17.5. The van der Waals surface area contributed by atoms with E-state index in [2.05, 4.69) is 15.8 Å². The summed E-state index contributed by atoms with van der Waals surface area (Å²) in [6.45, 7) is 0. The van der Waals surface area contributed by atoms with E-state index in [0.29, 0.717) is 21.8 Å². The number of phenols is 1. The first-order valence-corrected chi connectivity index (χ1v) is 10.1. The Hall–Kier alpha value is -4.16. The van der Waals surface area contributed by atoms with Gasteiger partial charge < -0.3 is 10.4 Å². The number of aromatic hydroxyl groups is 1. The van der Waals surface area contributed by atoms with Crippen LogP contribution in [0.5, 0.6) is 5.75 Å². The maximum atomic E-state index is 12.7. The number of nitrogens with one attached hydrogen (secondary N) is 2. The Labute approximate surface area is 189 Å². The highest BCUT2D eigenvalue weighted by atomic mass is 35.5. The molecule has 32 heavy (non-hydrogen) atoms. The summed E-state index contributed by atoms with van der Waals surface area (Å²) < 4.78 is 0. The molecular weight excluding hydrogens is 426 g/mol. The zero-order chi connectivity index (χ0) is 22.5. The zero-order valence-electron chi connectivity index (χ0n) is 16.7. The van der Waals surface area contributed by atoms with Crippen molar-refractivity contribution in [3.8, 4) is 5.75 Å². The molecule has 6 nitrogen and oxygen atoms in total. The lowest BCUT2D eigenvalue weighted by molar-refractivity contribution is 0.0956. The van der Waals surface area contributed by atoms with Gasteiger partial charge in [0.1, 0.15) is 5.75 Å². The second-order valence-electron chi connectivity index (χ2n) is 6.90. The second kappa shape index (κ2) is 9.32. The molecule has 4 rings (SSSR count). The Morgan fingerprint density at radius 2 is 1.50 bits per heavy atom. The highest BCUT2D eigenvalue weighted by Crippen LogP contribution is 2.25. The number of phenolic OH excluding ortho intramolecular Hbond substituents is 1. The summed E-state index contributed by atoms with van der Waals surface area (Å²) in [6, 6.07) is 24.1. The fourth-order valence-electron chi connectivity index (χ4n) is 3.26. The molecule has 0 spiro atoms. The van der Waals surface area contributed by atoms with E-state index < -0.39 is 11.8 Å². The minimum atomic E-state index is -0.518. The smallest absolute Gasteiger partial charge is 0.273 e. The van der Waals surface area contributed by atoms with Gasteiger partial charge in [0.15, 0.2) is 0 Å². The van der Waals surface area contributed by atoms with Gasteiger partial charge in [0.2, 0.25) is 0 Å². The summed E-state index contributed by atoms with van der Waals surface area (Å²) in [5, 5.41) is 19.0. The SMILES string of the molecule is O=C(Nc1ccccc1C(=O)N/N=C/c1c(O)ccc2ccccc12)c1ccccc1Cl. The normalized spacial score (nSPS) is 10.9. The fourth-order valence-corrected chi connectivity index (χ4v) is 3.48. The number of carbonyl (C=O) groups is 2. The van der Waals surface area contributed by atoms with Crippen LogP contribution in [-0.4, -0.2) is 23.1 Å². The van der Waals surface area contributed by atoms with Crippen LogP contribution in [0.4, 0.5) is 5.69 Å². The van der Waals surface area contributed by atoms with Crippen LogP contribution in [-0.2, 0) is 0 Å². The van der Waals surface area contributed by atoms with Crippen LogP contribution in [0.15, 0.2) is 90.0 Å². The first kappa shape index (κ1) is 21.1. The summed E-state index contributed by atoms with van der Waals surface area (Å²) in [6.07, 6.45) is 1.39. The maximum Gasteiger partial charge on any atom is 0.273 e. The molecule has 0 aromatic heterocycles. The molecule has 0 heterocycles. The topological polar surface area (TPSA) is 90.8 Å². The number of amides is 2. The number of hydrogen-bond acceptors (Lipinski definition) is 4. The molecule has 0 bridgehead atoms. The standard InChI is InChI=1S/C25H18ClN3O3/c26-21-11-5-3-9-18(21)24(31)28-22-12-6-4-10-19(22)25(32)29-27-15-20-17-8-2-1-7-16(17)13-14-23(20)30/h1-15,30H,(H,28,31)(H,29,32)/b27-15+. The van der Waals surface area contributed by atoms with Crippen LogP contribution in [0.1, 0.15) is 26.3 Å². The molecular formula is C25H18ClN3O3.